The number of fused-ring (bicyclic) bond motifs is 8. The molecular weight excluding hydrogens is 546 g/mol. The summed E-state index contributed by atoms with van der Waals surface area (Å²) in [7, 11) is 0. The van der Waals surface area contributed by atoms with Gasteiger partial charge in [0, 0.05) is 57.5 Å². The standard InChI is InChI=1S/C42H40N3/c1-2-18-36-35(17-1)37-19-11-12-24-43(37)42(36)28-25-29(44-38-20-7-3-13-31(38)32-14-4-8-21-39(32)44)27-30(26-28)45-40-22-9-5-15-33(40)34-16-6-10-23-41(34)45/h1-3,5,7,9,13,15,17-18,20,22,25-27,42H,4,6,8,10-12,14,16,19,21,23-24H2/q+1. The molecule has 45 heavy (non-hydrogen) atoms. The lowest BCUT2D eigenvalue weighted by Gasteiger charge is -2.22. The fourth-order valence-corrected chi connectivity index (χ4v) is 9.57. The molecule has 1 unspecified atom stereocenters. The fourth-order valence-electron chi connectivity index (χ4n) is 9.57. The molecule has 0 spiro atoms. The van der Waals surface area contributed by atoms with Gasteiger partial charge in [0.05, 0.1) is 16.6 Å². The van der Waals surface area contributed by atoms with Crippen molar-refractivity contribution < 1.29 is 4.58 Å². The first-order valence-electron chi connectivity index (χ1n) is 17.4. The lowest BCUT2D eigenvalue weighted by Crippen LogP contribution is -2.25. The molecule has 0 saturated carbocycles. The summed E-state index contributed by atoms with van der Waals surface area (Å²) in [6, 6.07) is 35.5. The minimum Gasteiger partial charge on any atom is -0.313 e. The van der Waals surface area contributed by atoms with Gasteiger partial charge in [0.1, 0.15) is 6.54 Å². The quantitative estimate of drug-likeness (QED) is 0.183. The number of hydrogen-bond acceptors (Lipinski definition) is 0. The number of aromatic nitrogens is 2. The Morgan fingerprint density at radius 3 is 1.76 bits per heavy atom. The van der Waals surface area contributed by atoms with Crippen molar-refractivity contribution in [3.8, 4) is 11.4 Å². The average molecular weight is 587 g/mol. The van der Waals surface area contributed by atoms with Crippen LogP contribution in [0.2, 0.25) is 0 Å². The molecule has 0 fully saturated rings. The molecule has 0 radical (unpaired) electrons. The second-order valence-corrected chi connectivity index (χ2v) is 13.8. The molecule has 3 heteroatoms. The summed E-state index contributed by atoms with van der Waals surface area (Å²) in [4.78, 5) is 0. The highest BCUT2D eigenvalue weighted by Gasteiger charge is 2.41. The molecule has 10 rings (SSSR count). The van der Waals surface area contributed by atoms with Gasteiger partial charge in [-0.05, 0) is 105 Å². The Morgan fingerprint density at radius 2 is 1.09 bits per heavy atom. The Balaban J connectivity index is 1.29. The van der Waals surface area contributed by atoms with Crippen LogP contribution in [0.5, 0.6) is 0 Å². The molecule has 2 aromatic heterocycles. The van der Waals surface area contributed by atoms with E-state index in [0.29, 0.717) is 0 Å². The first-order valence-corrected chi connectivity index (χ1v) is 17.4. The predicted molar refractivity (Wildman–Crippen MR) is 185 cm³/mol. The normalized spacial score (nSPS) is 19.1. The molecule has 6 aromatic rings. The first-order chi connectivity index (χ1) is 22.3. The molecule has 4 aliphatic rings. The molecule has 2 aliphatic heterocycles. The van der Waals surface area contributed by atoms with Crippen LogP contribution in [0.4, 0.5) is 0 Å². The SMILES string of the molecule is c1ccc2c(c1)C1=[N+](CCCC1)C2c1cc(-n2c3c(c4ccccc42)CCCC3)cc(-n2c3c(c4ccccc42)CCCC3)c1. The lowest BCUT2D eigenvalue weighted by atomic mass is 9.94. The minimum atomic E-state index is 0.255. The van der Waals surface area contributed by atoms with E-state index in [1.165, 1.54) is 119 Å². The smallest absolute Gasteiger partial charge is 0.204 e. The zero-order valence-corrected chi connectivity index (χ0v) is 26.1. The van der Waals surface area contributed by atoms with Crippen molar-refractivity contribution in [2.45, 2.75) is 76.7 Å². The van der Waals surface area contributed by atoms with E-state index in [9.17, 15) is 0 Å². The van der Waals surface area contributed by atoms with Crippen molar-refractivity contribution in [3.05, 3.63) is 130 Å². The zero-order chi connectivity index (χ0) is 29.5. The van der Waals surface area contributed by atoms with Gasteiger partial charge in [-0.2, -0.15) is 0 Å². The van der Waals surface area contributed by atoms with Crippen LogP contribution in [-0.2, 0) is 25.7 Å². The van der Waals surface area contributed by atoms with Crippen LogP contribution < -0.4 is 0 Å². The Bertz CT molecular complexity index is 2080. The minimum absolute atomic E-state index is 0.255. The summed E-state index contributed by atoms with van der Waals surface area (Å²) in [6.07, 6.45) is 13.6. The maximum absolute atomic E-state index is 2.75. The number of aryl methyl sites for hydroxylation is 2. The fraction of sp³-hybridized carbons (Fsp3) is 0.310. The molecule has 0 bridgehead atoms. The summed E-state index contributed by atoms with van der Waals surface area (Å²) in [6.45, 7) is 1.14. The van der Waals surface area contributed by atoms with E-state index >= 15 is 0 Å². The van der Waals surface area contributed by atoms with Crippen molar-refractivity contribution in [2.24, 2.45) is 0 Å². The van der Waals surface area contributed by atoms with E-state index in [4.69, 9.17) is 0 Å². The molecule has 0 saturated heterocycles. The van der Waals surface area contributed by atoms with Crippen LogP contribution in [0.15, 0.2) is 91.0 Å². The molecule has 1 atom stereocenters. The average Bonchev–Trinajstić information content (AvgIpc) is 3.74. The number of rotatable bonds is 3. The van der Waals surface area contributed by atoms with Crippen LogP contribution in [0.3, 0.4) is 0 Å². The number of hydrogen-bond donors (Lipinski definition) is 0. The highest BCUT2D eigenvalue weighted by atomic mass is 15.1. The Hall–Kier alpha value is -4.37. The summed E-state index contributed by atoms with van der Waals surface area (Å²) in [5, 5.41) is 2.89. The number of para-hydroxylation sites is 2. The van der Waals surface area contributed by atoms with E-state index in [0.717, 1.165) is 19.4 Å². The third-order valence-corrected chi connectivity index (χ3v) is 11.4. The van der Waals surface area contributed by atoms with Crippen LogP contribution in [-0.4, -0.2) is 26.0 Å². The van der Waals surface area contributed by atoms with Crippen LogP contribution in [0.1, 0.15) is 90.2 Å². The maximum atomic E-state index is 2.75. The van der Waals surface area contributed by atoms with Crippen molar-refractivity contribution >= 4 is 27.5 Å². The monoisotopic (exact) mass is 586 g/mol. The molecule has 222 valence electrons. The highest BCUT2D eigenvalue weighted by Crippen LogP contribution is 2.42. The lowest BCUT2D eigenvalue weighted by molar-refractivity contribution is -0.562. The third kappa shape index (κ3) is 3.79. The highest BCUT2D eigenvalue weighted by molar-refractivity contribution is 6.00. The van der Waals surface area contributed by atoms with Crippen LogP contribution in [0, 0.1) is 0 Å². The third-order valence-electron chi connectivity index (χ3n) is 11.4. The second-order valence-electron chi connectivity index (χ2n) is 13.8. The van der Waals surface area contributed by atoms with E-state index in [2.05, 4.69) is 105 Å². The van der Waals surface area contributed by atoms with Crippen molar-refractivity contribution in [3.63, 3.8) is 0 Å². The first kappa shape index (κ1) is 25.9. The van der Waals surface area contributed by atoms with Gasteiger partial charge < -0.3 is 9.13 Å². The summed E-state index contributed by atoms with van der Waals surface area (Å²) in [5.41, 5.74) is 17.5. The van der Waals surface area contributed by atoms with Gasteiger partial charge in [-0.15, -0.1) is 0 Å². The summed E-state index contributed by atoms with van der Waals surface area (Å²) >= 11 is 0. The number of benzene rings is 4. The van der Waals surface area contributed by atoms with E-state index in [1.54, 1.807) is 16.8 Å². The second kappa shape index (κ2) is 10.1. The molecule has 0 amide bonds. The van der Waals surface area contributed by atoms with Gasteiger partial charge in [0.15, 0.2) is 5.71 Å². The van der Waals surface area contributed by atoms with Gasteiger partial charge >= 0.3 is 0 Å². The number of nitrogens with zero attached hydrogens (tertiary/aromatic N) is 3. The molecular formula is C42H40N3+. The summed E-state index contributed by atoms with van der Waals surface area (Å²) < 4.78 is 8.05. The molecule has 3 nitrogen and oxygen atoms in total. The van der Waals surface area contributed by atoms with Crippen LogP contribution in [0.25, 0.3) is 33.2 Å². The molecule has 2 aliphatic carbocycles. The van der Waals surface area contributed by atoms with Crippen molar-refractivity contribution in [1.82, 2.24) is 9.13 Å². The zero-order valence-electron chi connectivity index (χ0n) is 26.1. The predicted octanol–water partition coefficient (Wildman–Crippen LogP) is 9.42. The largest absolute Gasteiger partial charge is 0.313 e. The van der Waals surface area contributed by atoms with E-state index in [1.807, 2.05) is 0 Å². The van der Waals surface area contributed by atoms with E-state index in [-0.39, 0.29) is 6.04 Å². The van der Waals surface area contributed by atoms with Gasteiger partial charge in [-0.1, -0.05) is 54.6 Å². The van der Waals surface area contributed by atoms with Gasteiger partial charge in [-0.3, -0.25) is 0 Å². The van der Waals surface area contributed by atoms with E-state index < -0.39 is 0 Å². The van der Waals surface area contributed by atoms with Gasteiger partial charge in [0.25, 0.3) is 0 Å². The van der Waals surface area contributed by atoms with Crippen molar-refractivity contribution in [1.29, 1.82) is 0 Å². The molecule has 4 aromatic carbocycles. The Labute approximate surface area is 265 Å². The summed E-state index contributed by atoms with van der Waals surface area (Å²) in [5.74, 6) is 0. The molecule has 0 N–H and O–H groups in total. The topological polar surface area (TPSA) is 12.9 Å². The Morgan fingerprint density at radius 1 is 0.533 bits per heavy atom. The Kier molecular flexibility index (Phi) is 5.80. The van der Waals surface area contributed by atoms with Crippen LogP contribution >= 0.6 is 0 Å². The molecule has 4 heterocycles. The maximum Gasteiger partial charge on any atom is 0.204 e. The van der Waals surface area contributed by atoms with Gasteiger partial charge in [0.2, 0.25) is 6.04 Å². The van der Waals surface area contributed by atoms with Crippen molar-refractivity contribution in [2.75, 3.05) is 6.54 Å². The van der Waals surface area contributed by atoms with Gasteiger partial charge in [-0.25, -0.2) is 4.58 Å².